The summed E-state index contributed by atoms with van der Waals surface area (Å²) in [4.78, 5) is 24.6. The number of ether oxygens (including phenoxy) is 2. The first-order valence-corrected chi connectivity index (χ1v) is 10.9. The van der Waals surface area contributed by atoms with Crippen LogP contribution in [0, 0.1) is 5.92 Å². The highest BCUT2D eigenvalue weighted by Crippen LogP contribution is 2.41. The van der Waals surface area contributed by atoms with Gasteiger partial charge in [0.2, 0.25) is 0 Å². The molecule has 0 aromatic rings. The highest BCUT2D eigenvalue weighted by atomic mass is 16.7. The van der Waals surface area contributed by atoms with Gasteiger partial charge in [-0.15, -0.1) is 0 Å². The number of hydrogen-bond donors (Lipinski definition) is 1. The van der Waals surface area contributed by atoms with E-state index in [9.17, 15) is 9.59 Å². The molecular weight excluding hydrogens is 385 g/mol. The molecule has 0 aromatic heterocycles. The summed E-state index contributed by atoms with van der Waals surface area (Å²) in [5.41, 5.74) is -0.199. The molecule has 0 spiro atoms. The number of nitrogens with one attached hydrogen (secondary N) is 1. The van der Waals surface area contributed by atoms with Crippen LogP contribution in [-0.2, 0) is 23.6 Å². The molecule has 30 heavy (non-hydrogen) atoms. The van der Waals surface area contributed by atoms with Gasteiger partial charge in [0, 0.05) is 0 Å². The SMILES string of the molecule is CCOC(=O)[C@H](CC1CC=C(B2OC(C)(C)C(C)(C)O2)CC1)NC(=O)OC(C)(C)C. The van der Waals surface area contributed by atoms with E-state index in [1.807, 2.05) is 27.7 Å². The van der Waals surface area contributed by atoms with Crippen LogP contribution in [0.2, 0.25) is 0 Å². The van der Waals surface area contributed by atoms with Crippen LogP contribution in [0.5, 0.6) is 0 Å². The van der Waals surface area contributed by atoms with Gasteiger partial charge in [0.1, 0.15) is 11.6 Å². The molecule has 2 rings (SSSR count). The summed E-state index contributed by atoms with van der Waals surface area (Å²) in [7, 11) is -0.323. The molecule has 7 nitrogen and oxygen atoms in total. The highest BCUT2D eigenvalue weighted by molar-refractivity contribution is 6.54. The molecule has 1 fully saturated rings. The summed E-state index contributed by atoms with van der Waals surface area (Å²) >= 11 is 0. The van der Waals surface area contributed by atoms with E-state index >= 15 is 0 Å². The predicted molar refractivity (Wildman–Crippen MR) is 116 cm³/mol. The van der Waals surface area contributed by atoms with Gasteiger partial charge in [0.15, 0.2) is 0 Å². The molecule has 0 radical (unpaired) electrons. The zero-order chi connectivity index (χ0) is 22.7. The lowest BCUT2D eigenvalue weighted by molar-refractivity contribution is -0.146. The molecule has 1 heterocycles. The quantitative estimate of drug-likeness (QED) is 0.510. The Labute approximate surface area is 181 Å². The van der Waals surface area contributed by atoms with Crippen molar-refractivity contribution in [3.8, 4) is 0 Å². The molecule has 2 aliphatic rings. The van der Waals surface area contributed by atoms with Crippen molar-refractivity contribution in [1.82, 2.24) is 5.32 Å². The van der Waals surface area contributed by atoms with E-state index in [0.717, 1.165) is 24.7 Å². The summed E-state index contributed by atoms with van der Waals surface area (Å²) in [6.45, 7) is 15.6. The Morgan fingerprint density at radius 1 is 1.23 bits per heavy atom. The Bertz CT molecular complexity index is 651. The van der Waals surface area contributed by atoms with Gasteiger partial charge < -0.3 is 24.1 Å². The molecule has 0 saturated carbocycles. The minimum Gasteiger partial charge on any atom is -0.464 e. The zero-order valence-corrected chi connectivity index (χ0v) is 19.8. The Kier molecular flexibility index (Phi) is 7.67. The standard InChI is InChI=1S/C22H38BNO6/c1-9-27-18(25)17(24-19(26)28-20(2,3)4)14-15-10-12-16(13-11-15)23-29-21(5,6)22(7,8)30-23/h12,15,17H,9-11,13-14H2,1-8H3,(H,24,26)/t15?,17-/m0/s1. The summed E-state index contributed by atoms with van der Waals surface area (Å²) < 4.78 is 22.8. The third kappa shape index (κ3) is 6.48. The molecule has 1 unspecified atom stereocenters. The minimum atomic E-state index is -0.725. The molecular formula is C22H38BNO6. The van der Waals surface area contributed by atoms with Gasteiger partial charge in [-0.1, -0.05) is 6.08 Å². The number of hydrogen-bond acceptors (Lipinski definition) is 6. The maximum Gasteiger partial charge on any atom is 0.490 e. The molecule has 1 aliphatic heterocycles. The smallest absolute Gasteiger partial charge is 0.464 e. The van der Waals surface area contributed by atoms with Crippen LogP contribution < -0.4 is 5.32 Å². The average Bonchev–Trinajstić information content (AvgIpc) is 2.81. The van der Waals surface area contributed by atoms with E-state index in [2.05, 4.69) is 11.4 Å². The van der Waals surface area contributed by atoms with Crippen molar-refractivity contribution in [2.75, 3.05) is 6.61 Å². The van der Waals surface area contributed by atoms with E-state index in [0.29, 0.717) is 6.42 Å². The molecule has 1 aliphatic carbocycles. The molecule has 8 heteroatoms. The molecule has 1 N–H and O–H groups in total. The topological polar surface area (TPSA) is 83.1 Å². The lowest BCUT2D eigenvalue weighted by Gasteiger charge is -2.32. The van der Waals surface area contributed by atoms with E-state index in [4.69, 9.17) is 18.8 Å². The fraction of sp³-hybridized carbons (Fsp3) is 0.818. The maximum atomic E-state index is 12.4. The maximum absolute atomic E-state index is 12.4. The molecule has 0 bridgehead atoms. The minimum absolute atomic E-state index is 0.250. The lowest BCUT2D eigenvalue weighted by Crippen LogP contribution is -2.45. The summed E-state index contributed by atoms with van der Waals surface area (Å²) in [6, 6.07) is -0.725. The van der Waals surface area contributed by atoms with Crippen molar-refractivity contribution < 1.29 is 28.4 Å². The van der Waals surface area contributed by atoms with Crippen LogP contribution >= 0.6 is 0 Å². The van der Waals surface area contributed by atoms with Crippen molar-refractivity contribution in [2.24, 2.45) is 5.92 Å². The Hall–Kier alpha value is -1.54. The molecule has 1 amide bonds. The van der Waals surface area contributed by atoms with Crippen LogP contribution in [0.1, 0.15) is 81.1 Å². The van der Waals surface area contributed by atoms with E-state index < -0.39 is 23.7 Å². The van der Waals surface area contributed by atoms with Gasteiger partial charge in [0.25, 0.3) is 0 Å². The van der Waals surface area contributed by atoms with Crippen molar-refractivity contribution in [3.63, 3.8) is 0 Å². The van der Waals surface area contributed by atoms with E-state index in [1.54, 1.807) is 27.7 Å². The monoisotopic (exact) mass is 423 g/mol. The molecule has 2 atom stereocenters. The molecule has 170 valence electrons. The van der Waals surface area contributed by atoms with Gasteiger partial charge in [0.05, 0.1) is 17.8 Å². The fourth-order valence-corrected chi connectivity index (χ4v) is 3.57. The first kappa shape index (κ1) is 24.7. The van der Waals surface area contributed by atoms with Crippen molar-refractivity contribution in [1.29, 1.82) is 0 Å². The number of carbonyl (C=O) groups excluding carboxylic acids is 2. The normalized spacial score (nSPS) is 24.1. The first-order valence-electron chi connectivity index (χ1n) is 10.9. The van der Waals surface area contributed by atoms with Crippen molar-refractivity contribution >= 4 is 19.2 Å². The first-order chi connectivity index (χ1) is 13.7. The van der Waals surface area contributed by atoms with Crippen molar-refractivity contribution in [3.05, 3.63) is 11.5 Å². The third-order valence-corrected chi connectivity index (χ3v) is 5.94. The highest BCUT2D eigenvalue weighted by Gasteiger charge is 2.52. The summed E-state index contributed by atoms with van der Waals surface area (Å²) in [5.74, 6) is -0.176. The van der Waals surface area contributed by atoms with Gasteiger partial charge in [-0.3, -0.25) is 0 Å². The van der Waals surface area contributed by atoms with E-state index in [-0.39, 0.29) is 30.8 Å². The van der Waals surface area contributed by atoms with Gasteiger partial charge >= 0.3 is 19.2 Å². The molecule has 0 aromatic carbocycles. The van der Waals surface area contributed by atoms with Crippen molar-refractivity contribution in [2.45, 2.75) is 104 Å². The second kappa shape index (κ2) is 9.31. The fourth-order valence-electron chi connectivity index (χ4n) is 3.57. The number of esters is 1. The van der Waals surface area contributed by atoms with Crippen LogP contribution in [0.25, 0.3) is 0 Å². The second-order valence-corrected chi connectivity index (χ2v) is 10.2. The van der Waals surface area contributed by atoms with Crippen LogP contribution in [-0.4, -0.2) is 48.6 Å². The number of allylic oxidation sites excluding steroid dienone is 2. The van der Waals surface area contributed by atoms with Crippen LogP contribution in [0.15, 0.2) is 11.5 Å². The second-order valence-electron chi connectivity index (χ2n) is 10.2. The number of amides is 1. The largest absolute Gasteiger partial charge is 0.490 e. The van der Waals surface area contributed by atoms with E-state index in [1.165, 1.54) is 0 Å². The lowest BCUT2D eigenvalue weighted by atomic mass is 9.70. The Morgan fingerprint density at radius 3 is 2.30 bits per heavy atom. The Balaban J connectivity index is 1.98. The van der Waals surface area contributed by atoms with Gasteiger partial charge in [-0.25, -0.2) is 9.59 Å². The molecule has 1 saturated heterocycles. The average molecular weight is 423 g/mol. The Morgan fingerprint density at radius 2 is 1.83 bits per heavy atom. The summed E-state index contributed by atoms with van der Waals surface area (Å²) in [5, 5.41) is 2.69. The van der Waals surface area contributed by atoms with Crippen LogP contribution in [0.3, 0.4) is 0 Å². The van der Waals surface area contributed by atoms with Gasteiger partial charge in [-0.05, 0) is 92.5 Å². The number of alkyl carbamates (subject to hydrolysis) is 1. The summed E-state index contributed by atoms with van der Waals surface area (Å²) in [6.07, 6.45) is 4.58. The van der Waals surface area contributed by atoms with Gasteiger partial charge in [-0.2, -0.15) is 0 Å². The predicted octanol–water partition coefficient (Wildman–Crippen LogP) is 4.19. The van der Waals surface area contributed by atoms with Crippen LogP contribution in [0.4, 0.5) is 4.79 Å². The third-order valence-electron chi connectivity index (χ3n) is 5.94. The zero-order valence-electron chi connectivity index (χ0n) is 19.8. The number of rotatable bonds is 6. The number of carbonyl (C=O) groups is 2.